The van der Waals surface area contributed by atoms with E-state index in [0.717, 1.165) is 24.2 Å². The molecule has 6 nitrogen and oxygen atoms in total. The van der Waals surface area contributed by atoms with Gasteiger partial charge in [-0.05, 0) is 37.1 Å². The molecule has 1 fully saturated rings. The molecule has 1 N–H and O–H groups in total. The van der Waals surface area contributed by atoms with Crippen molar-refractivity contribution in [3.63, 3.8) is 0 Å². The summed E-state index contributed by atoms with van der Waals surface area (Å²) in [6.45, 7) is 2.54. The Balaban J connectivity index is 1.54. The third-order valence-electron chi connectivity index (χ3n) is 4.13. The molecule has 2 heterocycles. The fourth-order valence-electron chi connectivity index (χ4n) is 2.81. The van der Waals surface area contributed by atoms with Crippen LogP contribution >= 0.6 is 0 Å². The standard InChI is InChI=1S/C19H21N3O3/c1-14(15-5-3-9-20-12-15)21-18(23)13-25-17-7-2-6-16(11-17)22-10-4-8-19(22)24/h2-3,5-7,9,11-12,14H,4,8,10,13H2,1H3,(H,21,23)/t14-/m1/s1. The molecular formula is C19H21N3O3. The van der Waals surface area contributed by atoms with Crippen LogP contribution < -0.4 is 15.0 Å². The second kappa shape index (κ2) is 7.79. The number of pyridine rings is 1. The first kappa shape index (κ1) is 17.0. The van der Waals surface area contributed by atoms with Crippen LogP contribution in [0.2, 0.25) is 0 Å². The first-order valence-electron chi connectivity index (χ1n) is 8.36. The Morgan fingerprint density at radius 3 is 2.96 bits per heavy atom. The highest BCUT2D eigenvalue weighted by Gasteiger charge is 2.21. The van der Waals surface area contributed by atoms with E-state index in [1.165, 1.54) is 0 Å². The maximum atomic E-state index is 12.1. The Hall–Kier alpha value is -2.89. The topological polar surface area (TPSA) is 71.5 Å². The Morgan fingerprint density at radius 2 is 2.24 bits per heavy atom. The first-order chi connectivity index (χ1) is 12.1. The van der Waals surface area contributed by atoms with Crippen LogP contribution in [0.4, 0.5) is 5.69 Å². The summed E-state index contributed by atoms with van der Waals surface area (Å²) in [7, 11) is 0. The van der Waals surface area contributed by atoms with Crippen molar-refractivity contribution in [1.82, 2.24) is 10.3 Å². The quantitative estimate of drug-likeness (QED) is 0.877. The van der Waals surface area contributed by atoms with Gasteiger partial charge in [0.1, 0.15) is 5.75 Å². The van der Waals surface area contributed by atoms with Crippen LogP contribution in [0.25, 0.3) is 0 Å². The van der Waals surface area contributed by atoms with Crippen molar-refractivity contribution < 1.29 is 14.3 Å². The summed E-state index contributed by atoms with van der Waals surface area (Å²) in [6.07, 6.45) is 4.87. The van der Waals surface area contributed by atoms with Crippen molar-refractivity contribution in [3.05, 3.63) is 54.4 Å². The van der Waals surface area contributed by atoms with Gasteiger partial charge in [0.25, 0.3) is 5.91 Å². The van der Waals surface area contributed by atoms with E-state index in [9.17, 15) is 9.59 Å². The van der Waals surface area contributed by atoms with E-state index in [1.807, 2.05) is 31.2 Å². The number of ether oxygens (including phenoxy) is 1. The fourth-order valence-corrected chi connectivity index (χ4v) is 2.81. The van der Waals surface area contributed by atoms with Gasteiger partial charge in [-0.15, -0.1) is 0 Å². The predicted octanol–water partition coefficient (Wildman–Crippen LogP) is 2.46. The summed E-state index contributed by atoms with van der Waals surface area (Å²) in [4.78, 5) is 29.7. The van der Waals surface area contributed by atoms with Crippen LogP contribution in [0.5, 0.6) is 5.75 Å². The molecule has 0 radical (unpaired) electrons. The zero-order valence-corrected chi connectivity index (χ0v) is 14.1. The van der Waals surface area contributed by atoms with Gasteiger partial charge in [0.2, 0.25) is 5.91 Å². The smallest absolute Gasteiger partial charge is 0.258 e. The molecule has 1 atom stereocenters. The average molecular weight is 339 g/mol. The fraction of sp³-hybridized carbons (Fsp3) is 0.316. The molecule has 2 aromatic rings. The number of carbonyl (C=O) groups excluding carboxylic acids is 2. The number of benzene rings is 1. The van der Waals surface area contributed by atoms with Crippen molar-refractivity contribution >= 4 is 17.5 Å². The molecule has 0 spiro atoms. The van der Waals surface area contributed by atoms with Crippen LogP contribution in [-0.4, -0.2) is 29.9 Å². The molecule has 3 rings (SSSR count). The molecule has 2 amide bonds. The SMILES string of the molecule is C[C@@H](NC(=O)COc1cccc(N2CCCC2=O)c1)c1cccnc1. The average Bonchev–Trinajstić information content (AvgIpc) is 3.07. The van der Waals surface area contributed by atoms with Gasteiger partial charge >= 0.3 is 0 Å². The maximum Gasteiger partial charge on any atom is 0.258 e. The molecule has 0 aliphatic carbocycles. The van der Waals surface area contributed by atoms with Crippen molar-refractivity contribution in [1.29, 1.82) is 0 Å². The van der Waals surface area contributed by atoms with Gasteiger partial charge in [-0.3, -0.25) is 14.6 Å². The second-order valence-electron chi connectivity index (χ2n) is 6.01. The second-order valence-corrected chi connectivity index (χ2v) is 6.01. The number of amides is 2. The van der Waals surface area contributed by atoms with Crippen LogP contribution in [0.15, 0.2) is 48.8 Å². The molecule has 1 aliphatic heterocycles. The number of aromatic nitrogens is 1. The monoisotopic (exact) mass is 339 g/mol. The molecule has 0 unspecified atom stereocenters. The van der Waals surface area contributed by atoms with E-state index >= 15 is 0 Å². The minimum Gasteiger partial charge on any atom is -0.484 e. The van der Waals surface area contributed by atoms with Crippen molar-refractivity contribution in [2.24, 2.45) is 0 Å². The first-order valence-corrected chi connectivity index (χ1v) is 8.36. The lowest BCUT2D eigenvalue weighted by Gasteiger charge is -2.17. The van der Waals surface area contributed by atoms with E-state index in [-0.39, 0.29) is 24.5 Å². The number of hydrogen-bond donors (Lipinski definition) is 1. The molecular weight excluding hydrogens is 318 g/mol. The van der Waals surface area contributed by atoms with Crippen LogP contribution in [0.3, 0.4) is 0 Å². The normalized spacial score (nSPS) is 15.1. The van der Waals surface area contributed by atoms with Crippen molar-refractivity contribution in [2.45, 2.75) is 25.8 Å². The van der Waals surface area contributed by atoms with E-state index in [1.54, 1.807) is 29.4 Å². The van der Waals surface area contributed by atoms with Crippen molar-refractivity contribution in [2.75, 3.05) is 18.1 Å². The summed E-state index contributed by atoms with van der Waals surface area (Å²) >= 11 is 0. The van der Waals surface area contributed by atoms with Crippen molar-refractivity contribution in [3.8, 4) is 5.75 Å². The van der Waals surface area contributed by atoms with Crippen LogP contribution in [-0.2, 0) is 9.59 Å². The lowest BCUT2D eigenvalue weighted by molar-refractivity contribution is -0.123. The van der Waals surface area contributed by atoms with E-state index in [0.29, 0.717) is 12.2 Å². The lowest BCUT2D eigenvalue weighted by atomic mass is 10.1. The summed E-state index contributed by atoms with van der Waals surface area (Å²) in [5.41, 5.74) is 1.74. The maximum absolute atomic E-state index is 12.1. The zero-order chi connectivity index (χ0) is 17.6. The van der Waals surface area contributed by atoms with Gasteiger partial charge in [0.05, 0.1) is 6.04 Å². The largest absolute Gasteiger partial charge is 0.484 e. The summed E-state index contributed by atoms with van der Waals surface area (Å²) < 4.78 is 5.57. The Labute approximate surface area is 146 Å². The van der Waals surface area contributed by atoms with Gasteiger partial charge in [-0.2, -0.15) is 0 Å². The summed E-state index contributed by atoms with van der Waals surface area (Å²) in [6, 6.07) is 10.9. The van der Waals surface area contributed by atoms with Gasteiger partial charge < -0.3 is 15.0 Å². The molecule has 0 saturated carbocycles. The Morgan fingerprint density at radius 1 is 1.36 bits per heavy atom. The van der Waals surface area contributed by atoms with E-state index < -0.39 is 0 Å². The lowest BCUT2D eigenvalue weighted by Crippen LogP contribution is -2.31. The highest BCUT2D eigenvalue weighted by molar-refractivity contribution is 5.95. The molecule has 1 aliphatic rings. The highest BCUT2D eigenvalue weighted by atomic mass is 16.5. The summed E-state index contributed by atoms with van der Waals surface area (Å²) in [5.74, 6) is 0.487. The highest BCUT2D eigenvalue weighted by Crippen LogP contribution is 2.25. The molecule has 1 saturated heterocycles. The minimum absolute atomic E-state index is 0.0813. The predicted molar refractivity (Wildman–Crippen MR) is 94.3 cm³/mol. The molecule has 0 bridgehead atoms. The van der Waals surface area contributed by atoms with E-state index in [2.05, 4.69) is 10.3 Å². The third-order valence-corrected chi connectivity index (χ3v) is 4.13. The number of rotatable bonds is 6. The number of carbonyl (C=O) groups is 2. The number of hydrogen-bond acceptors (Lipinski definition) is 4. The number of nitrogens with zero attached hydrogens (tertiary/aromatic N) is 2. The van der Waals surface area contributed by atoms with Gasteiger partial charge in [0, 0.05) is 37.1 Å². The Kier molecular flexibility index (Phi) is 5.28. The molecule has 6 heteroatoms. The Bertz CT molecular complexity index is 749. The van der Waals surface area contributed by atoms with E-state index in [4.69, 9.17) is 4.74 Å². The minimum atomic E-state index is -0.209. The molecule has 1 aromatic heterocycles. The van der Waals surface area contributed by atoms with Gasteiger partial charge in [-0.1, -0.05) is 12.1 Å². The third kappa shape index (κ3) is 4.35. The molecule has 25 heavy (non-hydrogen) atoms. The van der Waals surface area contributed by atoms with Gasteiger partial charge in [0.15, 0.2) is 6.61 Å². The van der Waals surface area contributed by atoms with Crippen LogP contribution in [0.1, 0.15) is 31.4 Å². The number of anilines is 1. The molecule has 1 aromatic carbocycles. The summed E-state index contributed by atoms with van der Waals surface area (Å²) in [5, 5.41) is 2.87. The van der Waals surface area contributed by atoms with Gasteiger partial charge in [-0.25, -0.2) is 0 Å². The number of nitrogens with one attached hydrogen (secondary N) is 1. The van der Waals surface area contributed by atoms with Crippen LogP contribution in [0, 0.1) is 0 Å². The molecule has 130 valence electrons. The zero-order valence-electron chi connectivity index (χ0n) is 14.1.